The molecule has 1 aromatic heterocycles. The number of aromatic nitrogens is 2. The molecule has 0 spiro atoms. The predicted molar refractivity (Wildman–Crippen MR) is 93.8 cm³/mol. The lowest BCUT2D eigenvalue weighted by molar-refractivity contribution is 0.198. The van der Waals surface area contributed by atoms with Crippen molar-refractivity contribution in [3.05, 3.63) is 56.7 Å². The summed E-state index contributed by atoms with van der Waals surface area (Å²) in [5.74, 6) is 1.03. The molecule has 7 heteroatoms. The Balaban J connectivity index is 1.90. The van der Waals surface area contributed by atoms with E-state index in [0.29, 0.717) is 0 Å². The average molecular weight is 340 g/mol. The maximum atomic E-state index is 12.2. The molecule has 0 bridgehead atoms. The van der Waals surface area contributed by atoms with E-state index in [9.17, 15) is 14.9 Å². The van der Waals surface area contributed by atoms with Gasteiger partial charge in [-0.3, -0.25) is 13.9 Å². The Morgan fingerprint density at radius 2 is 1.88 bits per heavy atom. The van der Waals surface area contributed by atoms with E-state index in [0.717, 1.165) is 29.6 Å². The van der Waals surface area contributed by atoms with Gasteiger partial charge in [-0.15, -0.1) is 0 Å². The van der Waals surface area contributed by atoms with Crippen LogP contribution in [0, 0.1) is 11.3 Å². The summed E-state index contributed by atoms with van der Waals surface area (Å²) in [6.45, 7) is 0. The van der Waals surface area contributed by atoms with Gasteiger partial charge in [-0.25, -0.2) is 4.79 Å². The number of anilines is 1. The molecule has 1 aliphatic carbocycles. The van der Waals surface area contributed by atoms with Crippen LogP contribution in [0.2, 0.25) is 0 Å². The second-order valence-electron chi connectivity index (χ2n) is 6.19. The SMILES string of the molecule is Cn1c(N[C@H]2CCC[C@H]2Oc2ccccc2)c(C#N)c(=O)n(C)c1=O. The van der Waals surface area contributed by atoms with Gasteiger partial charge in [0, 0.05) is 14.1 Å². The molecule has 25 heavy (non-hydrogen) atoms. The van der Waals surface area contributed by atoms with E-state index in [1.54, 1.807) is 7.05 Å². The van der Waals surface area contributed by atoms with Gasteiger partial charge >= 0.3 is 5.69 Å². The molecule has 7 nitrogen and oxygen atoms in total. The van der Waals surface area contributed by atoms with Crippen molar-refractivity contribution in [1.29, 1.82) is 5.26 Å². The summed E-state index contributed by atoms with van der Waals surface area (Å²) < 4.78 is 8.29. The summed E-state index contributed by atoms with van der Waals surface area (Å²) in [5, 5.41) is 12.6. The minimum atomic E-state index is -0.591. The van der Waals surface area contributed by atoms with Crippen LogP contribution in [0.3, 0.4) is 0 Å². The molecule has 1 aliphatic rings. The number of nitriles is 1. The van der Waals surface area contributed by atoms with Gasteiger partial charge in [-0.1, -0.05) is 18.2 Å². The van der Waals surface area contributed by atoms with Gasteiger partial charge in [-0.05, 0) is 31.4 Å². The molecule has 0 saturated heterocycles. The first-order chi connectivity index (χ1) is 12.0. The van der Waals surface area contributed by atoms with Crippen LogP contribution in [-0.4, -0.2) is 21.3 Å². The van der Waals surface area contributed by atoms with E-state index in [1.165, 1.54) is 11.6 Å². The lowest BCUT2D eigenvalue weighted by atomic mass is 10.2. The summed E-state index contributed by atoms with van der Waals surface area (Å²) in [4.78, 5) is 24.4. The van der Waals surface area contributed by atoms with Crippen molar-refractivity contribution in [1.82, 2.24) is 9.13 Å². The Morgan fingerprint density at radius 1 is 1.16 bits per heavy atom. The van der Waals surface area contributed by atoms with Crippen LogP contribution >= 0.6 is 0 Å². The van der Waals surface area contributed by atoms with Crippen molar-refractivity contribution < 1.29 is 4.74 Å². The van der Waals surface area contributed by atoms with Gasteiger partial charge in [0.1, 0.15) is 23.7 Å². The van der Waals surface area contributed by atoms with E-state index in [2.05, 4.69) is 5.32 Å². The van der Waals surface area contributed by atoms with Crippen molar-refractivity contribution in [3.8, 4) is 11.8 Å². The molecule has 2 atom stereocenters. The quantitative estimate of drug-likeness (QED) is 0.908. The molecule has 130 valence electrons. The van der Waals surface area contributed by atoms with Gasteiger partial charge in [-0.2, -0.15) is 5.26 Å². The zero-order valence-corrected chi connectivity index (χ0v) is 14.2. The van der Waals surface area contributed by atoms with Crippen LogP contribution in [0.4, 0.5) is 5.82 Å². The fourth-order valence-corrected chi connectivity index (χ4v) is 3.20. The number of ether oxygens (including phenoxy) is 1. The molecule has 1 aromatic carbocycles. The average Bonchev–Trinajstić information content (AvgIpc) is 3.06. The summed E-state index contributed by atoms with van der Waals surface area (Å²) in [6, 6.07) is 11.4. The molecule has 1 fully saturated rings. The lowest BCUT2D eigenvalue weighted by Crippen LogP contribution is -2.42. The van der Waals surface area contributed by atoms with Crippen molar-refractivity contribution in [2.24, 2.45) is 14.1 Å². The van der Waals surface area contributed by atoms with E-state index < -0.39 is 11.2 Å². The molecule has 0 aliphatic heterocycles. The monoisotopic (exact) mass is 340 g/mol. The Hall–Kier alpha value is -3.01. The smallest absolute Gasteiger partial charge is 0.332 e. The highest BCUT2D eigenvalue weighted by atomic mass is 16.5. The molecule has 0 unspecified atom stereocenters. The molecule has 0 amide bonds. The number of rotatable bonds is 4. The minimum absolute atomic E-state index is 0.0602. The van der Waals surface area contributed by atoms with Gasteiger partial charge in [0.2, 0.25) is 0 Å². The van der Waals surface area contributed by atoms with Crippen LogP contribution in [0.5, 0.6) is 5.75 Å². The Bertz CT molecular complexity index is 924. The van der Waals surface area contributed by atoms with Crippen molar-refractivity contribution in [2.45, 2.75) is 31.4 Å². The van der Waals surface area contributed by atoms with E-state index in [4.69, 9.17) is 4.74 Å². The fraction of sp³-hybridized carbons (Fsp3) is 0.389. The Morgan fingerprint density at radius 3 is 2.56 bits per heavy atom. The summed E-state index contributed by atoms with van der Waals surface area (Å²) in [7, 11) is 2.92. The van der Waals surface area contributed by atoms with Gasteiger partial charge in [0.05, 0.1) is 6.04 Å². The first kappa shape index (κ1) is 16.8. The summed E-state index contributed by atoms with van der Waals surface area (Å²) >= 11 is 0. The molecule has 1 heterocycles. The molecular formula is C18H20N4O3. The van der Waals surface area contributed by atoms with Crippen LogP contribution in [0.25, 0.3) is 0 Å². The lowest BCUT2D eigenvalue weighted by Gasteiger charge is -2.24. The topological polar surface area (TPSA) is 89.1 Å². The maximum Gasteiger partial charge on any atom is 0.332 e. The van der Waals surface area contributed by atoms with Crippen LogP contribution in [-0.2, 0) is 14.1 Å². The standard InChI is InChI=1S/C18H20N4O3/c1-21-16(13(11-19)17(23)22(2)18(21)24)20-14-9-6-10-15(14)25-12-7-4-3-5-8-12/h3-5,7-8,14-15,20H,6,9-10H2,1-2H3/t14-,15+/m0/s1. The number of nitrogens with zero attached hydrogens (tertiary/aromatic N) is 3. The van der Waals surface area contributed by atoms with Crippen LogP contribution in [0.15, 0.2) is 39.9 Å². The molecule has 1 saturated carbocycles. The number of hydrogen-bond acceptors (Lipinski definition) is 5. The molecule has 3 rings (SSSR count). The Kier molecular flexibility index (Phi) is 4.61. The molecule has 0 radical (unpaired) electrons. The van der Waals surface area contributed by atoms with Gasteiger partial charge in [0.15, 0.2) is 5.56 Å². The highest BCUT2D eigenvalue weighted by molar-refractivity contribution is 5.52. The van der Waals surface area contributed by atoms with E-state index in [-0.39, 0.29) is 23.5 Å². The first-order valence-corrected chi connectivity index (χ1v) is 8.21. The molecule has 1 N–H and O–H groups in total. The summed E-state index contributed by atoms with van der Waals surface area (Å²) in [6.07, 6.45) is 2.59. The first-order valence-electron chi connectivity index (χ1n) is 8.21. The molecular weight excluding hydrogens is 320 g/mol. The van der Waals surface area contributed by atoms with Gasteiger partial charge < -0.3 is 10.1 Å². The normalized spacial score (nSPS) is 19.4. The third-order valence-electron chi connectivity index (χ3n) is 4.58. The zero-order chi connectivity index (χ0) is 18.0. The van der Waals surface area contributed by atoms with Gasteiger partial charge in [0.25, 0.3) is 5.56 Å². The molecule has 2 aromatic rings. The number of benzene rings is 1. The number of nitrogens with one attached hydrogen (secondary N) is 1. The third-order valence-corrected chi connectivity index (χ3v) is 4.58. The van der Waals surface area contributed by atoms with Crippen LogP contribution < -0.4 is 21.3 Å². The van der Waals surface area contributed by atoms with Crippen molar-refractivity contribution in [3.63, 3.8) is 0 Å². The zero-order valence-electron chi connectivity index (χ0n) is 14.2. The van der Waals surface area contributed by atoms with E-state index in [1.807, 2.05) is 36.4 Å². The van der Waals surface area contributed by atoms with E-state index >= 15 is 0 Å². The minimum Gasteiger partial charge on any atom is -0.488 e. The fourth-order valence-electron chi connectivity index (χ4n) is 3.20. The number of para-hydroxylation sites is 1. The number of hydrogen-bond donors (Lipinski definition) is 1. The van der Waals surface area contributed by atoms with Crippen molar-refractivity contribution in [2.75, 3.05) is 5.32 Å². The Labute approximate surface area is 145 Å². The second kappa shape index (κ2) is 6.85. The van der Waals surface area contributed by atoms with Crippen molar-refractivity contribution >= 4 is 5.82 Å². The summed E-state index contributed by atoms with van der Waals surface area (Å²) in [5.41, 5.74) is -1.12. The second-order valence-corrected chi connectivity index (χ2v) is 6.19. The van der Waals surface area contributed by atoms with Crippen LogP contribution in [0.1, 0.15) is 24.8 Å². The third kappa shape index (κ3) is 3.15. The highest BCUT2D eigenvalue weighted by Crippen LogP contribution is 2.27. The predicted octanol–water partition coefficient (Wildman–Crippen LogP) is 1.37. The maximum absolute atomic E-state index is 12.2. The largest absolute Gasteiger partial charge is 0.488 e. The highest BCUT2D eigenvalue weighted by Gasteiger charge is 2.31.